The third-order valence-electron chi connectivity index (χ3n) is 1.47. The quantitative estimate of drug-likeness (QED) is 0.630. The van der Waals surface area contributed by atoms with Gasteiger partial charge in [0.1, 0.15) is 12.8 Å². The van der Waals surface area contributed by atoms with Crippen molar-refractivity contribution in [2.75, 3.05) is 6.67 Å². The van der Waals surface area contributed by atoms with Crippen molar-refractivity contribution in [3.63, 3.8) is 0 Å². The first kappa shape index (κ1) is 8.18. The number of benzene rings is 1. The second kappa shape index (κ2) is 4.06. The maximum Gasteiger partial charge on any atom is 0.132 e. The second-order valence-electron chi connectivity index (χ2n) is 2.44. The minimum Gasteiger partial charge on any atom is -0.248 e. The first-order valence-corrected chi connectivity index (χ1v) is 3.57. The number of hydrogen-bond donors (Lipinski definition) is 0. The fourth-order valence-electron chi connectivity index (χ4n) is 0.924. The van der Waals surface area contributed by atoms with E-state index in [-0.39, 0.29) is 6.42 Å². The van der Waals surface area contributed by atoms with E-state index >= 15 is 0 Å². The van der Waals surface area contributed by atoms with Crippen molar-refractivity contribution in [3.05, 3.63) is 35.9 Å². The van der Waals surface area contributed by atoms with Gasteiger partial charge in [-0.3, -0.25) is 0 Å². The summed E-state index contributed by atoms with van der Waals surface area (Å²) in [6.45, 7) is -0.894. The fraction of sp³-hybridized carbons (Fsp3) is 0.333. The predicted octanol–water partition coefficient (Wildman–Crippen LogP) is 2.54. The summed E-state index contributed by atoms with van der Waals surface area (Å²) in [5.41, 5.74) is 0.845. The van der Waals surface area contributed by atoms with Gasteiger partial charge < -0.3 is 0 Å². The molecule has 0 bridgehead atoms. The van der Waals surface area contributed by atoms with Crippen molar-refractivity contribution in [3.8, 4) is 0 Å². The zero-order valence-corrected chi connectivity index (χ0v) is 6.13. The van der Waals surface area contributed by atoms with E-state index in [9.17, 15) is 8.78 Å². The molecule has 2 heteroatoms. The molecule has 0 N–H and O–H groups in total. The smallest absolute Gasteiger partial charge is 0.132 e. The van der Waals surface area contributed by atoms with Gasteiger partial charge in [0.15, 0.2) is 0 Å². The molecule has 11 heavy (non-hydrogen) atoms. The number of hydrogen-bond acceptors (Lipinski definition) is 0. The van der Waals surface area contributed by atoms with Crippen LogP contribution in [0.15, 0.2) is 30.3 Å². The zero-order valence-electron chi connectivity index (χ0n) is 6.13. The molecule has 1 unspecified atom stereocenters. The molecule has 0 spiro atoms. The summed E-state index contributed by atoms with van der Waals surface area (Å²) in [5, 5.41) is 0. The van der Waals surface area contributed by atoms with E-state index in [1.54, 1.807) is 12.1 Å². The second-order valence-corrected chi connectivity index (χ2v) is 2.44. The SMILES string of the molecule is FCC(F)Cc1ccccc1. The van der Waals surface area contributed by atoms with E-state index in [1.165, 1.54) is 0 Å². The molecule has 0 saturated carbocycles. The van der Waals surface area contributed by atoms with Crippen LogP contribution < -0.4 is 0 Å². The zero-order chi connectivity index (χ0) is 8.10. The highest BCUT2D eigenvalue weighted by Gasteiger charge is 2.05. The van der Waals surface area contributed by atoms with E-state index in [1.807, 2.05) is 18.2 Å². The maximum atomic E-state index is 12.4. The van der Waals surface area contributed by atoms with Crippen LogP contribution in [0.1, 0.15) is 5.56 Å². The third kappa shape index (κ3) is 2.66. The van der Waals surface area contributed by atoms with Crippen molar-refractivity contribution < 1.29 is 8.78 Å². The summed E-state index contributed by atoms with van der Waals surface area (Å²) >= 11 is 0. The monoisotopic (exact) mass is 156 g/mol. The summed E-state index contributed by atoms with van der Waals surface area (Å²) in [5.74, 6) is 0. The van der Waals surface area contributed by atoms with Gasteiger partial charge >= 0.3 is 0 Å². The van der Waals surface area contributed by atoms with Crippen LogP contribution in [-0.2, 0) is 6.42 Å². The van der Waals surface area contributed by atoms with E-state index in [0.717, 1.165) is 5.56 Å². The Morgan fingerprint density at radius 1 is 1.18 bits per heavy atom. The minimum atomic E-state index is -1.35. The van der Waals surface area contributed by atoms with Crippen molar-refractivity contribution in [1.29, 1.82) is 0 Å². The molecule has 0 amide bonds. The molecular weight excluding hydrogens is 146 g/mol. The molecule has 1 aromatic rings. The Kier molecular flexibility index (Phi) is 3.02. The highest BCUT2D eigenvalue weighted by molar-refractivity contribution is 5.15. The lowest BCUT2D eigenvalue weighted by molar-refractivity contribution is 0.260. The Bertz CT molecular complexity index is 196. The molecule has 0 radical (unpaired) electrons. The van der Waals surface area contributed by atoms with Crippen molar-refractivity contribution in [2.45, 2.75) is 12.6 Å². The van der Waals surface area contributed by atoms with Crippen molar-refractivity contribution in [2.24, 2.45) is 0 Å². The van der Waals surface area contributed by atoms with E-state index in [0.29, 0.717) is 0 Å². The largest absolute Gasteiger partial charge is 0.248 e. The highest BCUT2D eigenvalue weighted by atomic mass is 19.2. The summed E-state index contributed by atoms with van der Waals surface area (Å²) in [6.07, 6.45) is -1.17. The molecule has 0 aliphatic heterocycles. The molecule has 0 aromatic heterocycles. The van der Waals surface area contributed by atoms with Crippen LogP contribution in [0.3, 0.4) is 0 Å². The lowest BCUT2D eigenvalue weighted by atomic mass is 10.1. The topological polar surface area (TPSA) is 0 Å². The summed E-state index contributed by atoms with van der Waals surface area (Å²) < 4.78 is 24.1. The summed E-state index contributed by atoms with van der Waals surface area (Å²) in [7, 11) is 0. The maximum absolute atomic E-state index is 12.4. The minimum absolute atomic E-state index is 0.178. The van der Waals surface area contributed by atoms with Gasteiger partial charge in [0.05, 0.1) is 0 Å². The van der Waals surface area contributed by atoms with Gasteiger partial charge in [-0.1, -0.05) is 30.3 Å². The van der Waals surface area contributed by atoms with Crippen molar-refractivity contribution in [1.82, 2.24) is 0 Å². The van der Waals surface area contributed by atoms with Gasteiger partial charge in [-0.15, -0.1) is 0 Å². The number of rotatable bonds is 3. The first-order valence-electron chi connectivity index (χ1n) is 3.57. The lowest BCUT2D eigenvalue weighted by Gasteiger charge is -2.01. The van der Waals surface area contributed by atoms with Gasteiger partial charge in [-0.2, -0.15) is 0 Å². The first-order chi connectivity index (χ1) is 5.33. The van der Waals surface area contributed by atoms with Crippen molar-refractivity contribution >= 4 is 0 Å². The van der Waals surface area contributed by atoms with Crippen LogP contribution in [0.5, 0.6) is 0 Å². The Labute approximate surface area is 64.9 Å². The van der Waals surface area contributed by atoms with Crippen LogP contribution in [0, 0.1) is 0 Å². The average molecular weight is 156 g/mol. The Morgan fingerprint density at radius 3 is 2.36 bits per heavy atom. The van der Waals surface area contributed by atoms with Crippen LogP contribution in [0.4, 0.5) is 8.78 Å². The Balaban J connectivity index is 2.51. The molecule has 1 atom stereocenters. The average Bonchev–Trinajstić information content (AvgIpc) is 2.06. The van der Waals surface area contributed by atoms with Gasteiger partial charge in [-0.25, -0.2) is 8.78 Å². The van der Waals surface area contributed by atoms with Gasteiger partial charge in [0.25, 0.3) is 0 Å². The standard InChI is InChI=1S/C9H10F2/c10-7-9(11)6-8-4-2-1-3-5-8/h1-5,9H,6-7H2. The third-order valence-corrected chi connectivity index (χ3v) is 1.47. The normalized spacial score (nSPS) is 12.9. The van der Waals surface area contributed by atoms with Gasteiger partial charge in [-0.05, 0) is 5.56 Å². The van der Waals surface area contributed by atoms with E-state index in [2.05, 4.69) is 0 Å². The molecule has 60 valence electrons. The van der Waals surface area contributed by atoms with Gasteiger partial charge in [0.2, 0.25) is 0 Å². The predicted molar refractivity (Wildman–Crippen MR) is 41.0 cm³/mol. The molecular formula is C9H10F2. The van der Waals surface area contributed by atoms with Crippen LogP contribution in [0.2, 0.25) is 0 Å². The van der Waals surface area contributed by atoms with Gasteiger partial charge in [0, 0.05) is 6.42 Å². The molecule has 0 nitrogen and oxygen atoms in total. The van der Waals surface area contributed by atoms with E-state index < -0.39 is 12.8 Å². The molecule has 0 fully saturated rings. The van der Waals surface area contributed by atoms with Crippen LogP contribution >= 0.6 is 0 Å². The Morgan fingerprint density at radius 2 is 1.82 bits per heavy atom. The molecule has 0 aliphatic rings. The fourth-order valence-corrected chi connectivity index (χ4v) is 0.924. The van der Waals surface area contributed by atoms with E-state index in [4.69, 9.17) is 0 Å². The molecule has 0 heterocycles. The Hall–Kier alpha value is -0.920. The molecule has 1 rings (SSSR count). The highest BCUT2D eigenvalue weighted by Crippen LogP contribution is 2.05. The van der Waals surface area contributed by atoms with Crippen LogP contribution in [-0.4, -0.2) is 12.8 Å². The summed E-state index contributed by atoms with van der Waals surface area (Å²) in [4.78, 5) is 0. The lowest BCUT2D eigenvalue weighted by Crippen LogP contribution is -2.06. The summed E-state index contributed by atoms with van der Waals surface area (Å²) in [6, 6.07) is 9.08. The number of halogens is 2. The molecule has 1 aromatic carbocycles. The number of alkyl halides is 2. The molecule has 0 saturated heterocycles. The van der Waals surface area contributed by atoms with Crippen LogP contribution in [0.25, 0.3) is 0 Å². The molecule has 0 aliphatic carbocycles.